The molecule has 0 heteroatoms. The molecule has 0 aromatic heterocycles. The fourth-order valence-electron chi connectivity index (χ4n) is 2.88. The van der Waals surface area contributed by atoms with Gasteiger partial charge in [-0.25, -0.2) is 0 Å². The first-order valence-corrected chi connectivity index (χ1v) is 5.43. The third kappa shape index (κ3) is 1.98. The van der Waals surface area contributed by atoms with Crippen molar-refractivity contribution in [3.63, 3.8) is 0 Å². The van der Waals surface area contributed by atoms with E-state index in [-0.39, 0.29) is 0 Å². The van der Waals surface area contributed by atoms with Crippen molar-refractivity contribution in [2.24, 2.45) is 16.7 Å². The molecule has 0 saturated carbocycles. The minimum absolute atomic E-state index is 0.399. The zero-order valence-electron chi connectivity index (χ0n) is 10.1. The van der Waals surface area contributed by atoms with Crippen LogP contribution in [0.3, 0.4) is 0 Å². The standard InChI is InChI=1S/C13H24/c1-10-8-7-9-11(12(2,3)4)13(10,5)6/h8,11H,7,9H2,1-6H3. The van der Waals surface area contributed by atoms with E-state index in [1.54, 1.807) is 5.57 Å². The molecule has 1 rings (SSSR count). The molecule has 0 amide bonds. The zero-order chi connectivity index (χ0) is 10.3. The highest BCUT2D eigenvalue weighted by Crippen LogP contribution is 2.49. The summed E-state index contributed by atoms with van der Waals surface area (Å²) in [5.74, 6) is 0.824. The monoisotopic (exact) mass is 180 g/mol. The van der Waals surface area contributed by atoms with Crippen LogP contribution < -0.4 is 0 Å². The lowest BCUT2D eigenvalue weighted by atomic mass is 9.59. The van der Waals surface area contributed by atoms with Gasteiger partial charge >= 0.3 is 0 Å². The maximum absolute atomic E-state index is 2.42. The van der Waals surface area contributed by atoms with Gasteiger partial charge in [-0.2, -0.15) is 0 Å². The molecule has 1 unspecified atom stereocenters. The molecular weight excluding hydrogens is 156 g/mol. The summed E-state index contributed by atoms with van der Waals surface area (Å²) in [6.07, 6.45) is 5.05. The lowest BCUT2D eigenvalue weighted by Crippen LogP contribution is -2.37. The second-order valence-electron chi connectivity index (χ2n) is 6.10. The molecular formula is C13H24. The fourth-order valence-corrected chi connectivity index (χ4v) is 2.88. The van der Waals surface area contributed by atoms with Crippen LogP contribution in [0.5, 0.6) is 0 Å². The van der Waals surface area contributed by atoms with Gasteiger partial charge in [-0.3, -0.25) is 0 Å². The van der Waals surface area contributed by atoms with Crippen molar-refractivity contribution < 1.29 is 0 Å². The summed E-state index contributed by atoms with van der Waals surface area (Å²) >= 11 is 0. The highest BCUT2D eigenvalue weighted by atomic mass is 14.4. The van der Waals surface area contributed by atoms with E-state index in [0.717, 1.165) is 5.92 Å². The van der Waals surface area contributed by atoms with Crippen LogP contribution in [0.25, 0.3) is 0 Å². The quantitative estimate of drug-likeness (QED) is 0.484. The number of rotatable bonds is 0. The van der Waals surface area contributed by atoms with Gasteiger partial charge in [0.1, 0.15) is 0 Å². The van der Waals surface area contributed by atoms with Gasteiger partial charge in [0.15, 0.2) is 0 Å². The average molecular weight is 180 g/mol. The Bertz CT molecular complexity index is 213. The SMILES string of the molecule is CC1=CCCC(C(C)(C)C)C1(C)C. The molecule has 0 bridgehead atoms. The first kappa shape index (κ1) is 10.8. The topological polar surface area (TPSA) is 0 Å². The van der Waals surface area contributed by atoms with Gasteiger partial charge in [0.05, 0.1) is 0 Å². The van der Waals surface area contributed by atoms with Crippen LogP contribution >= 0.6 is 0 Å². The van der Waals surface area contributed by atoms with Gasteiger partial charge < -0.3 is 0 Å². The van der Waals surface area contributed by atoms with E-state index < -0.39 is 0 Å². The van der Waals surface area contributed by atoms with Crippen molar-refractivity contribution in [1.82, 2.24) is 0 Å². The average Bonchev–Trinajstić information content (AvgIpc) is 1.92. The fraction of sp³-hybridized carbons (Fsp3) is 0.846. The van der Waals surface area contributed by atoms with E-state index in [1.165, 1.54) is 12.8 Å². The molecule has 0 aromatic carbocycles. The smallest absolute Gasteiger partial charge is 0.0114 e. The first-order valence-electron chi connectivity index (χ1n) is 5.43. The van der Waals surface area contributed by atoms with Crippen LogP contribution in [0.4, 0.5) is 0 Å². The van der Waals surface area contributed by atoms with Crippen molar-refractivity contribution >= 4 is 0 Å². The summed E-state index contributed by atoms with van der Waals surface area (Å²) < 4.78 is 0. The van der Waals surface area contributed by atoms with Gasteiger partial charge in [-0.1, -0.05) is 46.3 Å². The first-order chi connectivity index (χ1) is 5.76. The number of allylic oxidation sites excluding steroid dienone is 2. The molecule has 1 atom stereocenters. The van der Waals surface area contributed by atoms with Gasteiger partial charge in [-0.15, -0.1) is 0 Å². The number of hydrogen-bond acceptors (Lipinski definition) is 0. The summed E-state index contributed by atoms with van der Waals surface area (Å²) in [7, 11) is 0. The number of hydrogen-bond donors (Lipinski definition) is 0. The van der Waals surface area contributed by atoms with Crippen molar-refractivity contribution in [2.75, 3.05) is 0 Å². The van der Waals surface area contributed by atoms with Crippen molar-refractivity contribution in [1.29, 1.82) is 0 Å². The molecule has 0 nitrogen and oxygen atoms in total. The van der Waals surface area contributed by atoms with Crippen LogP contribution in [0.2, 0.25) is 0 Å². The minimum Gasteiger partial charge on any atom is -0.0850 e. The van der Waals surface area contributed by atoms with E-state index >= 15 is 0 Å². The summed E-state index contributed by atoms with van der Waals surface area (Å²) in [5, 5.41) is 0. The molecule has 0 spiro atoms. The highest BCUT2D eigenvalue weighted by molar-refractivity contribution is 5.16. The van der Waals surface area contributed by atoms with Crippen molar-refractivity contribution in [3.8, 4) is 0 Å². The lowest BCUT2D eigenvalue weighted by molar-refractivity contribution is 0.0985. The van der Waals surface area contributed by atoms with Crippen LogP contribution in [-0.4, -0.2) is 0 Å². The van der Waals surface area contributed by atoms with E-state index in [0.29, 0.717) is 10.8 Å². The molecule has 1 aliphatic carbocycles. The normalized spacial score (nSPS) is 28.5. The van der Waals surface area contributed by atoms with Gasteiger partial charge in [0, 0.05) is 0 Å². The molecule has 13 heavy (non-hydrogen) atoms. The van der Waals surface area contributed by atoms with Gasteiger partial charge in [0.25, 0.3) is 0 Å². The highest BCUT2D eigenvalue weighted by Gasteiger charge is 2.39. The second-order valence-corrected chi connectivity index (χ2v) is 6.10. The third-order valence-electron chi connectivity index (χ3n) is 3.84. The molecule has 0 heterocycles. The Hall–Kier alpha value is -0.260. The Morgan fingerprint density at radius 2 is 1.85 bits per heavy atom. The van der Waals surface area contributed by atoms with E-state index in [9.17, 15) is 0 Å². The van der Waals surface area contributed by atoms with Crippen LogP contribution in [0, 0.1) is 16.7 Å². The van der Waals surface area contributed by atoms with Crippen molar-refractivity contribution in [2.45, 2.75) is 54.4 Å². The van der Waals surface area contributed by atoms with E-state index in [1.807, 2.05) is 0 Å². The Labute approximate surface area is 83.4 Å². The predicted molar refractivity (Wildman–Crippen MR) is 59.7 cm³/mol. The summed E-state index contributed by atoms with van der Waals surface area (Å²) in [6, 6.07) is 0. The summed E-state index contributed by atoms with van der Waals surface area (Å²) in [6.45, 7) is 14.2. The predicted octanol–water partition coefficient (Wildman–Crippen LogP) is 4.42. The molecule has 0 fully saturated rings. The molecule has 0 radical (unpaired) electrons. The van der Waals surface area contributed by atoms with E-state index in [2.05, 4.69) is 47.6 Å². The summed E-state index contributed by atoms with van der Waals surface area (Å²) in [5.41, 5.74) is 2.42. The second kappa shape index (κ2) is 3.15. The maximum atomic E-state index is 2.42. The molecule has 0 saturated heterocycles. The van der Waals surface area contributed by atoms with Gasteiger partial charge in [-0.05, 0) is 36.5 Å². The van der Waals surface area contributed by atoms with Crippen LogP contribution in [0.1, 0.15) is 54.4 Å². The summed E-state index contributed by atoms with van der Waals surface area (Å²) in [4.78, 5) is 0. The third-order valence-corrected chi connectivity index (χ3v) is 3.84. The largest absolute Gasteiger partial charge is 0.0850 e. The molecule has 0 aliphatic heterocycles. The molecule has 1 aliphatic rings. The Balaban J connectivity index is 2.96. The Kier molecular flexibility index (Phi) is 2.62. The minimum atomic E-state index is 0.399. The van der Waals surface area contributed by atoms with Crippen LogP contribution in [0.15, 0.2) is 11.6 Å². The molecule has 0 N–H and O–H groups in total. The van der Waals surface area contributed by atoms with E-state index in [4.69, 9.17) is 0 Å². The molecule has 76 valence electrons. The molecule has 0 aromatic rings. The zero-order valence-corrected chi connectivity index (χ0v) is 10.1. The maximum Gasteiger partial charge on any atom is -0.0114 e. The van der Waals surface area contributed by atoms with Crippen molar-refractivity contribution in [3.05, 3.63) is 11.6 Å². The van der Waals surface area contributed by atoms with Crippen LogP contribution in [-0.2, 0) is 0 Å². The Morgan fingerprint density at radius 1 is 1.31 bits per heavy atom. The Morgan fingerprint density at radius 3 is 2.23 bits per heavy atom. The van der Waals surface area contributed by atoms with Gasteiger partial charge in [0.2, 0.25) is 0 Å². The lowest BCUT2D eigenvalue weighted by Gasteiger charge is -2.46.